The Labute approximate surface area is 125 Å². The summed E-state index contributed by atoms with van der Waals surface area (Å²) in [7, 11) is 0. The monoisotopic (exact) mass is 279 g/mol. The zero-order valence-electron chi connectivity index (χ0n) is 12.4. The van der Waals surface area contributed by atoms with Crippen LogP contribution in [-0.4, -0.2) is 12.6 Å². The lowest BCUT2D eigenvalue weighted by Gasteiger charge is -2.37. The van der Waals surface area contributed by atoms with Crippen LogP contribution in [0.25, 0.3) is 11.1 Å². The number of hydrogen-bond donors (Lipinski definition) is 1. The van der Waals surface area contributed by atoms with Gasteiger partial charge in [-0.2, -0.15) is 0 Å². The number of benzene rings is 2. The molecule has 0 radical (unpaired) electrons. The topological polar surface area (TPSA) is 35.2 Å². The average molecular weight is 279 g/mol. The molecule has 2 unspecified atom stereocenters. The molecule has 1 saturated heterocycles. The Kier molecular flexibility index (Phi) is 2.91. The van der Waals surface area contributed by atoms with Crippen molar-refractivity contribution in [2.45, 2.75) is 37.8 Å². The molecule has 1 aliphatic carbocycles. The Hall–Kier alpha value is -1.64. The van der Waals surface area contributed by atoms with Crippen LogP contribution >= 0.6 is 0 Å². The summed E-state index contributed by atoms with van der Waals surface area (Å²) in [6.45, 7) is 2.94. The largest absolute Gasteiger partial charge is 0.370 e. The minimum atomic E-state index is -0.235. The highest BCUT2D eigenvalue weighted by atomic mass is 16.5. The van der Waals surface area contributed by atoms with Crippen molar-refractivity contribution in [3.05, 3.63) is 59.2 Å². The van der Waals surface area contributed by atoms with E-state index in [1.807, 2.05) is 0 Å². The van der Waals surface area contributed by atoms with Crippen LogP contribution in [0.1, 0.15) is 36.5 Å². The van der Waals surface area contributed by atoms with E-state index in [0.29, 0.717) is 0 Å². The van der Waals surface area contributed by atoms with Crippen LogP contribution in [-0.2, 0) is 16.8 Å². The minimum absolute atomic E-state index is 0.235. The van der Waals surface area contributed by atoms with Crippen LogP contribution < -0.4 is 5.73 Å². The first-order valence-corrected chi connectivity index (χ1v) is 7.77. The molecule has 1 fully saturated rings. The molecule has 108 valence electrons. The molecule has 2 atom stereocenters. The summed E-state index contributed by atoms with van der Waals surface area (Å²) < 4.78 is 6.08. The number of hydrogen-bond acceptors (Lipinski definition) is 2. The Morgan fingerprint density at radius 2 is 1.90 bits per heavy atom. The molecule has 2 nitrogen and oxygen atoms in total. The van der Waals surface area contributed by atoms with Crippen LogP contribution in [0.5, 0.6) is 0 Å². The van der Waals surface area contributed by atoms with Crippen molar-refractivity contribution in [3.8, 4) is 11.1 Å². The molecule has 1 aliphatic heterocycles. The van der Waals surface area contributed by atoms with Gasteiger partial charge in [0.2, 0.25) is 0 Å². The number of nitrogens with two attached hydrogens (primary N) is 1. The van der Waals surface area contributed by atoms with Crippen molar-refractivity contribution in [2.75, 3.05) is 6.61 Å². The lowest BCUT2D eigenvalue weighted by molar-refractivity contribution is -0.0766. The zero-order valence-corrected chi connectivity index (χ0v) is 12.4. The van der Waals surface area contributed by atoms with Gasteiger partial charge in [-0.25, -0.2) is 0 Å². The fraction of sp³-hybridized carbons (Fsp3) is 0.368. The highest BCUT2D eigenvalue weighted by Gasteiger charge is 2.34. The van der Waals surface area contributed by atoms with Gasteiger partial charge in [-0.05, 0) is 54.0 Å². The Bertz CT molecular complexity index is 694. The van der Waals surface area contributed by atoms with E-state index in [4.69, 9.17) is 10.5 Å². The van der Waals surface area contributed by atoms with E-state index in [0.717, 1.165) is 25.9 Å². The molecule has 2 N–H and O–H groups in total. The lowest BCUT2D eigenvalue weighted by Crippen LogP contribution is -2.41. The summed E-state index contributed by atoms with van der Waals surface area (Å²) in [6.07, 6.45) is 2.90. The van der Waals surface area contributed by atoms with Gasteiger partial charge in [0.1, 0.15) is 0 Å². The molecule has 21 heavy (non-hydrogen) atoms. The van der Waals surface area contributed by atoms with Crippen LogP contribution in [0, 0.1) is 0 Å². The SMILES string of the molecule is CC1(c2ccc3c(c2)Cc2ccccc2-3)CC(N)CCO1. The second-order valence-corrected chi connectivity index (χ2v) is 6.54. The van der Waals surface area contributed by atoms with E-state index < -0.39 is 0 Å². The van der Waals surface area contributed by atoms with E-state index in [1.165, 1.54) is 27.8 Å². The first-order valence-electron chi connectivity index (χ1n) is 7.77. The third-order valence-corrected chi connectivity index (χ3v) is 4.97. The van der Waals surface area contributed by atoms with Crippen molar-refractivity contribution >= 4 is 0 Å². The molecule has 4 rings (SSSR count). The van der Waals surface area contributed by atoms with E-state index >= 15 is 0 Å². The number of rotatable bonds is 1. The van der Waals surface area contributed by atoms with Crippen LogP contribution in [0.2, 0.25) is 0 Å². The predicted octanol–water partition coefficient (Wildman–Crippen LogP) is 3.61. The van der Waals surface area contributed by atoms with E-state index in [-0.39, 0.29) is 11.6 Å². The molecule has 2 aromatic carbocycles. The van der Waals surface area contributed by atoms with Crippen molar-refractivity contribution in [2.24, 2.45) is 5.73 Å². The molecule has 2 aromatic rings. The summed E-state index contributed by atoms with van der Waals surface area (Å²) >= 11 is 0. The highest BCUT2D eigenvalue weighted by Crippen LogP contribution is 2.41. The van der Waals surface area contributed by atoms with Crippen LogP contribution in [0.4, 0.5) is 0 Å². The van der Waals surface area contributed by atoms with Crippen molar-refractivity contribution in [1.29, 1.82) is 0 Å². The van der Waals surface area contributed by atoms with Gasteiger partial charge < -0.3 is 10.5 Å². The van der Waals surface area contributed by atoms with E-state index in [9.17, 15) is 0 Å². The maximum atomic E-state index is 6.15. The molecule has 0 aromatic heterocycles. The van der Waals surface area contributed by atoms with Gasteiger partial charge in [-0.15, -0.1) is 0 Å². The first-order chi connectivity index (χ1) is 10.2. The number of fused-ring (bicyclic) bond motifs is 3. The quantitative estimate of drug-likeness (QED) is 0.738. The molecular weight excluding hydrogens is 258 g/mol. The van der Waals surface area contributed by atoms with Crippen molar-refractivity contribution < 1.29 is 4.74 Å². The summed E-state index contributed by atoms with van der Waals surface area (Å²) in [5.41, 5.74) is 12.8. The number of ether oxygens (including phenoxy) is 1. The summed E-state index contributed by atoms with van der Waals surface area (Å²) in [5, 5.41) is 0. The molecular formula is C19H21NO. The summed E-state index contributed by atoms with van der Waals surface area (Å²) in [4.78, 5) is 0. The fourth-order valence-corrected chi connectivity index (χ4v) is 3.77. The highest BCUT2D eigenvalue weighted by molar-refractivity contribution is 5.77. The third-order valence-electron chi connectivity index (χ3n) is 4.97. The smallest absolute Gasteiger partial charge is 0.0918 e. The van der Waals surface area contributed by atoms with Crippen LogP contribution in [0.15, 0.2) is 42.5 Å². The third kappa shape index (κ3) is 2.10. The summed E-state index contributed by atoms with van der Waals surface area (Å²) in [6, 6.07) is 15.7. The predicted molar refractivity (Wildman–Crippen MR) is 85.2 cm³/mol. The van der Waals surface area contributed by atoms with E-state index in [2.05, 4.69) is 49.4 Å². The van der Waals surface area contributed by atoms with Crippen LogP contribution in [0.3, 0.4) is 0 Å². The molecule has 0 bridgehead atoms. The van der Waals surface area contributed by atoms with Gasteiger partial charge in [0.05, 0.1) is 5.60 Å². The maximum absolute atomic E-state index is 6.15. The Morgan fingerprint density at radius 3 is 2.76 bits per heavy atom. The second-order valence-electron chi connectivity index (χ2n) is 6.54. The van der Waals surface area contributed by atoms with Crippen molar-refractivity contribution in [1.82, 2.24) is 0 Å². The molecule has 0 saturated carbocycles. The normalized spacial score (nSPS) is 27.2. The molecule has 0 amide bonds. The average Bonchev–Trinajstić information content (AvgIpc) is 2.84. The van der Waals surface area contributed by atoms with Gasteiger partial charge in [0, 0.05) is 12.6 Å². The van der Waals surface area contributed by atoms with Crippen molar-refractivity contribution in [3.63, 3.8) is 0 Å². The zero-order chi connectivity index (χ0) is 14.4. The second kappa shape index (κ2) is 4.69. The van der Waals surface area contributed by atoms with Gasteiger partial charge in [0.15, 0.2) is 0 Å². The van der Waals surface area contributed by atoms with Gasteiger partial charge in [-0.3, -0.25) is 0 Å². The van der Waals surface area contributed by atoms with Gasteiger partial charge >= 0.3 is 0 Å². The van der Waals surface area contributed by atoms with E-state index in [1.54, 1.807) is 0 Å². The Balaban J connectivity index is 1.73. The first kappa shape index (κ1) is 13.1. The molecule has 2 heteroatoms. The molecule has 0 spiro atoms. The maximum Gasteiger partial charge on any atom is 0.0918 e. The molecule has 1 heterocycles. The summed E-state index contributed by atoms with van der Waals surface area (Å²) in [5.74, 6) is 0. The molecule has 2 aliphatic rings. The standard InChI is InChI=1S/C19H21NO/c1-19(12-16(20)8-9-21-19)15-6-7-18-14(11-15)10-13-4-2-3-5-17(13)18/h2-7,11,16H,8-10,12,20H2,1H3. The minimum Gasteiger partial charge on any atom is -0.370 e. The Morgan fingerprint density at radius 1 is 1.10 bits per heavy atom. The fourth-order valence-electron chi connectivity index (χ4n) is 3.77. The van der Waals surface area contributed by atoms with Gasteiger partial charge in [-0.1, -0.05) is 42.5 Å². The van der Waals surface area contributed by atoms with Gasteiger partial charge in [0.25, 0.3) is 0 Å². The lowest BCUT2D eigenvalue weighted by atomic mass is 9.84.